The summed E-state index contributed by atoms with van der Waals surface area (Å²) in [5.41, 5.74) is 1.61. The first-order valence-electron chi connectivity index (χ1n) is 8.01. The number of phenols is 1. The molecule has 7 heteroatoms. The molecule has 1 saturated heterocycles. The third-order valence-electron chi connectivity index (χ3n) is 4.19. The van der Waals surface area contributed by atoms with E-state index < -0.39 is 0 Å². The number of nitrogens with one attached hydrogen (secondary N) is 1. The highest BCUT2D eigenvalue weighted by Gasteiger charge is 2.21. The van der Waals surface area contributed by atoms with Gasteiger partial charge in [0.1, 0.15) is 11.5 Å². The van der Waals surface area contributed by atoms with Gasteiger partial charge in [0.2, 0.25) is 0 Å². The highest BCUT2D eigenvalue weighted by atomic mass is 35.5. The lowest BCUT2D eigenvalue weighted by Gasteiger charge is -2.37. The molecule has 1 heterocycles. The minimum atomic E-state index is 0.306. The Kier molecular flexibility index (Phi) is 5.50. The number of anilines is 2. The Morgan fingerprint density at radius 2 is 1.88 bits per heavy atom. The number of hydrogen-bond donors (Lipinski definition) is 2. The molecule has 0 amide bonds. The Labute approximate surface area is 157 Å². The monoisotopic (exact) mass is 377 g/mol. The largest absolute Gasteiger partial charge is 0.506 e. The predicted octanol–water partition coefficient (Wildman–Crippen LogP) is 3.57. The molecule has 1 aliphatic heterocycles. The number of para-hydroxylation sites is 2. The molecule has 0 saturated carbocycles. The summed E-state index contributed by atoms with van der Waals surface area (Å²) >= 11 is 11.6. The molecular weight excluding hydrogens is 358 g/mol. The van der Waals surface area contributed by atoms with Gasteiger partial charge in [-0.05, 0) is 42.5 Å². The zero-order chi connectivity index (χ0) is 17.8. The van der Waals surface area contributed by atoms with Crippen LogP contribution in [0.1, 0.15) is 0 Å². The molecule has 2 N–H and O–H groups in total. The van der Waals surface area contributed by atoms with Crippen LogP contribution < -0.4 is 15.0 Å². The van der Waals surface area contributed by atoms with E-state index in [2.05, 4.69) is 15.1 Å². The molecular formula is C18H20ClN3O2S. The molecule has 2 aromatic carbocycles. The maximum atomic E-state index is 10.00. The lowest BCUT2D eigenvalue weighted by Crippen LogP contribution is -2.50. The summed E-state index contributed by atoms with van der Waals surface area (Å²) in [5.74, 6) is 1.000. The molecule has 0 spiro atoms. The molecule has 0 aromatic heterocycles. The molecule has 132 valence electrons. The van der Waals surface area contributed by atoms with Crippen molar-refractivity contribution in [3.8, 4) is 11.5 Å². The highest BCUT2D eigenvalue weighted by molar-refractivity contribution is 7.80. The van der Waals surface area contributed by atoms with Gasteiger partial charge in [0.25, 0.3) is 0 Å². The number of aromatic hydroxyl groups is 1. The van der Waals surface area contributed by atoms with Gasteiger partial charge < -0.3 is 25.0 Å². The maximum absolute atomic E-state index is 10.00. The normalized spacial score (nSPS) is 14.3. The molecule has 1 aliphatic rings. The van der Waals surface area contributed by atoms with Crippen molar-refractivity contribution in [3.05, 3.63) is 47.5 Å². The maximum Gasteiger partial charge on any atom is 0.173 e. The topological polar surface area (TPSA) is 48.0 Å². The summed E-state index contributed by atoms with van der Waals surface area (Å²) in [6.45, 7) is 3.10. The standard InChI is InChI=1S/C18H20ClN3O2S/c1-24-17-7-6-13(19)12-14(17)20-18(25)22-10-8-21(9-11-22)15-4-2-3-5-16(15)23/h2-7,12,23H,8-11H2,1H3,(H,20,25). The zero-order valence-corrected chi connectivity index (χ0v) is 15.5. The average molecular weight is 378 g/mol. The average Bonchev–Trinajstić information content (AvgIpc) is 2.62. The molecule has 0 radical (unpaired) electrons. The first-order chi connectivity index (χ1) is 12.1. The van der Waals surface area contributed by atoms with E-state index in [-0.39, 0.29) is 0 Å². The van der Waals surface area contributed by atoms with Gasteiger partial charge in [0.15, 0.2) is 5.11 Å². The van der Waals surface area contributed by atoms with Crippen molar-refractivity contribution in [2.45, 2.75) is 0 Å². The van der Waals surface area contributed by atoms with E-state index in [0.29, 0.717) is 21.6 Å². The van der Waals surface area contributed by atoms with Gasteiger partial charge in [-0.25, -0.2) is 0 Å². The smallest absolute Gasteiger partial charge is 0.173 e. The fourth-order valence-electron chi connectivity index (χ4n) is 2.85. The van der Waals surface area contributed by atoms with Crippen LogP contribution in [0.25, 0.3) is 0 Å². The van der Waals surface area contributed by atoms with Crippen molar-refractivity contribution >= 4 is 40.3 Å². The number of benzene rings is 2. The second kappa shape index (κ2) is 7.80. The first kappa shape index (κ1) is 17.6. The van der Waals surface area contributed by atoms with Gasteiger partial charge in [-0.15, -0.1) is 0 Å². The van der Waals surface area contributed by atoms with E-state index in [0.717, 1.165) is 37.6 Å². The minimum absolute atomic E-state index is 0.306. The Morgan fingerprint density at radius 1 is 1.16 bits per heavy atom. The van der Waals surface area contributed by atoms with Crippen LogP contribution in [0.5, 0.6) is 11.5 Å². The summed E-state index contributed by atoms with van der Waals surface area (Å²) in [5, 5.41) is 14.5. The van der Waals surface area contributed by atoms with Crippen molar-refractivity contribution in [2.24, 2.45) is 0 Å². The molecule has 0 atom stereocenters. The summed E-state index contributed by atoms with van der Waals surface area (Å²) in [6.07, 6.45) is 0. The Bertz CT molecular complexity index is 764. The second-order valence-electron chi connectivity index (χ2n) is 5.74. The van der Waals surface area contributed by atoms with Crippen molar-refractivity contribution in [2.75, 3.05) is 43.5 Å². The number of halogens is 1. The molecule has 1 fully saturated rings. The van der Waals surface area contributed by atoms with Crippen LogP contribution in [0.3, 0.4) is 0 Å². The van der Waals surface area contributed by atoms with E-state index >= 15 is 0 Å². The van der Waals surface area contributed by atoms with E-state index in [1.54, 1.807) is 25.3 Å². The molecule has 25 heavy (non-hydrogen) atoms. The number of nitrogens with zero attached hydrogens (tertiary/aromatic N) is 2. The predicted molar refractivity (Wildman–Crippen MR) is 106 cm³/mol. The van der Waals surface area contributed by atoms with Gasteiger partial charge in [-0.2, -0.15) is 0 Å². The van der Waals surface area contributed by atoms with Crippen LogP contribution in [0.2, 0.25) is 5.02 Å². The number of ether oxygens (including phenoxy) is 1. The number of methoxy groups -OCH3 is 1. The van der Waals surface area contributed by atoms with E-state index in [9.17, 15) is 5.11 Å². The zero-order valence-electron chi connectivity index (χ0n) is 13.9. The number of hydrogen-bond acceptors (Lipinski definition) is 4. The van der Waals surface area contributed by atoms with Crippen LogP contribution in [-0.2, 0) is 0 Å². The minimum Gasteiger partial charge on any atom is -0.506 e. The molecule has 3 rings (SSSR count). The Hall–Kier alpha value is -2.18. The van der Waals surface area contributed by atoms with Gasteiger partial charge in [-0.3, -0.25) is 0 Å². The van der Waals surface area contributed by atoms with Crippen LogP contribution in [0.4, 0.5) is 11.4 Å². The van der Waals surface area contributed by atoms with Gasteiger partial charge >= 0.3 is 0 Å². The van der Waals surface area contributed by atoms with Gasteiger partial charge in [0, 0.05) is 31.2 Å². The quantitative estimate of drug-likeness (QED) is 0.797. The van der Waals surface area contributed by atoms with E-state index in [1.807, 2.05) is 24.3 Å². The van der Waals surface area contributed by atoms with Crippen LogP contribution >= 0.6 is 23.8 Å². The summed E-state index contributed by atoms with van der Waals surface area (Å²) in [7, 11) is 1.61. The molecule has 0 aliphatic carbocycles. The molecule has 0 unspecified atom stereocenters. The molecule has 2 aromatic rings. The number of phenolic OH excluding ortho intramolecular Hbond substituents is 1. The lowest BCUT2D eigenvalue weighted by molar-refractivity contribution is 0.386. The second-order valence-corrected chi connectivity index (χ2v) is 6.56. The third kappa shape index (κ3) is 4.08. The van der Waals surface area contributed by atoms with E-state index in [1.165, 1.54) is 0 Å². The van der Waals surface area contributed by atoms with Crippen LogP contribution in [0.15, 0.2) is 42.5 Å². The van der Waals surface area contributed by atoms with E-state index in [4.69, 9.17) is 28.6 Å². The van der Waals surface area contributed by atoms with Crippen LogP contribution in [0, 0.1) is 0 Å². The number of piperazine rings is 1. The fraction of sp³-hybridized carbons (Fsp3) is 0.278. The Morgan fingerprint density at radius 3 is 2.56 bits per heavy atom. The molecule has 0 bridgehead atoms. The van der Waals surface area contributed by atoms with Gasteiger partial charge in [-0.1, -0.05) is 23.7 Å². The summed E-state index contributed by atoms with van der Waals surface area (Å²) < 4.78 is 5.34. The SMILES string of the molecule is COc1ccc(Cl)cc1NC(=S)N1CCN(c2ccccc2O)CC1. The third-order valence-corrected chi connectivity index (χ3v) is 4.79. The molecule has 5 nitrogen and oxygen atoms in total. The van der Waals surface area contributed by atoms with Gasteiger partial charge in [0.05, 0.1) is 18.5 Å². The van der Waals surface area contributed by atoms with Crippen LogP contribution in [-0.4, -0.2) is 48.4 Å². The highest BCUT2D eigenvalue weighted by Crippen LogP contribution is 2.29. The summed E-state index contributed by atoms with van der Waals surface area (Å²) in [6, 6.07) is 12.8. The summed E-state index contributed by atoms with van der Waals surface area (Å²) in [4.78, 5) is 4.26. The van der Waals surface area contributed by atoms with Crippen molar-refractivity contribution < 1.29 is 9.84 Å². The van der Waals surface area contributed by atoms with Crippen molar-refractivity contribution in [3.63, 3.8) is 0 Å². The van der Waals surface area contributed by atoms with Crippen molar-refractivity contribution in [1.29, 1.82) is 0 Å². The lowest BCUT2D eigenvalue weighted by atomic mass is 10.2. The van der Waals surface area contributed by atoms with Crippen molar-refractivity contribution in [1.82, 2.24) is 4.90 Å². The first-order valence-corrected chi connectivity index (χ1v) is 8.79. The Balaban J connectivity index is 1.62. The number of thiocarbonyl (C=S) groups is 1. The number of rotatable bonds is 3. The fourth-order valence-corrected chi connectivity index (χ4v) is 3.32.